The first kappa shape index (κ1) is 28.3. The fourth-order valence-corrected chi connectivity index (χ4v) is 7.52. The van der Waals surface area contributed by atoms with Crippen LogP contribution in [-0.2, 0) is 14.3 Å². The number of thioether (sulfide) groups is 1. The third-order valence-electron chi connectivity index (χ3n) is 8.26. The maximum atomic E-state index is 14.3. The molecule has 40 heavy (non-hydrogen) atoms. The molecule has 9 nitrogen and oxygen atoms in total. The van der Waals surface area contributed by atoms with Crippen molar-refractivity contribution in [3.8, 4) is 0 Å². The lowest BCUT2D eigenvalue weighted by atomic mass is 9.77. The fourth-order valence-electron chi connectivity index (χ4n) is 6.04. The van der Waals surface area contributed by atoms with Gasteiger partial charge in [-0.05, 0) is 71.3 Å². The lowest BCUT2D eigenvalue weighted by Gasteiger charge is -2.36. The predicted molar refractivity (Wildman–Crippen MR) is 155 cm³/mol. The molecule has 1 aliphatic carbocycles. The zero-order chi connectivity index (χ0) is 28.8. The monoisotopic (exact) mass is 566 g/mol. The van der Waals surface area contributed by atoms with Crippen LogP contribution >= 0.6 is 11.8 Å². The summed E-state index contributed by atoms with van der Waals surface area (Å²) >= 11 is 1.68. The minimum absolute atomic E-state index is 0.119. The van der Waals surface area contributed by atoms with E-state index in [9.17, 15) is 19.2 Å². The summed E-state index contributed by atoms with van der Waals surface area (Å²) in [6.45, 7) is 6.90. The minimum Gasteiger partial charge on any atom is -0.444 e. The van der Waals surface area contributed by atoms with Gasteiger partial charge in [-0.1, -0.05) is 30.4 Å². The molecule has 2 aromatic rings. The van der Waals surface area contributed by atoms with Crippen molar-refractivity contribution >= 4 is 46.5 Å². The van der Waals surface area contributed by atoms with Crippen LogP contribution in [0.2, 0.25) is 0 Å². The van der Waals surface area contributed by atoms with Crippen molar-refractivity contribution in [2.24, 2.45) is 5.41 Å². The Balaban J connectivity index is 1.40. The van der Waals surface area contributed by atoms with E-state index in [1.165, 1.54) is 11.9 Å². The number of amides is 3. The van der Waals surface area contributed by atoms with Gasteiger partial charge >= 0.3 is 6.09 Å². The number of aromatic nitrogens is 1. The van der Waals surface area contributed by atoms with Crippen molar-refractivity contribution < 1.29 is 23.9 Å². The van der Waals surface area contributed by atoms with Crippen LogP contribution < -0.4 is 5.32 Å². The summed E-state index contributed by atoms with van der Waals surface area (Å²) in [6.07, 6.45) is 8.05. The van der Waals surface area contributed by atoms with E-state index in [1.807, 2.05) is 30.3 Å². The van der Waals surface area contributed by atoms with E-state index in [-0.39, 0.29) is 22.6 Å². The van der Waals surface area contributed by atoms with Gasteiger partial charge in [0.05, 0.1) is 10.9 Å². The van der Waals surface area contributed by atoms with E-state index in [0.29, 0.717) is 12.2 Å². The number of benzene rings is 1. The first-order chi connectivity index (χ1) is 18.9. The van der Waals surface area contributed by atoms with Crippen LogP contribution in [0, 0.1) is 5.41 Å². The number of nitrogens with one attached hydrogen (secondary N) is 1. The standard InChI is InChI=1S/C30H38N4O5S/c1-19(32(5)28(38)39-29(2,3)4)25(35)31-21-13-17-40-23-18-30(14-8-9-15-30)24(34(23)26(21)36)27(37)33-16-12-20-10-6-7-11-22(20)33/h6-12,16,19,21,23-24H,13-15,17-18H2,1-5H3,(H,31,35)/t19-,21-,23-,24+/m0/s1. The second kappa shape index (κ2) is 10.6. The van der Waals surface area contributed by atoms with Crippen LogP contribution in [0.15, 0.2) is 48.7 Å². The minimum atomic E-state index is -0.845. The van der Waals surface area contributed by atoms with Crippen LogP contribution in [0.5, 0.6) is 0 Å². The van der Waals surface area contributed by atoms with Crippen LogP contribution in [0.3, 0.4) is 0 Å². The van der Waals surface area contributed by atoms with Crippen molar-refractivity contribution in [3.05, 3.63) is 48.7 Å². The first-order valence-corrected chi connectivity index (χ1v) is 14.9. The number of fused-ring (bicyclic) bond motifs is 2. The Labute approximate surface area is 239 Å². The Morgan fingerprint density at radius 1 is 1.15 bits per heavy atom. The molecule has 2 aliphatic heterocycles. The summed E-state index contributed by atoms with van der Waals surface area (Å²) in [4.78, 5) is 57.3. The number of carbonyl (C=O) groups excluding carboxylic acids is 4. The normalized spacial score (nSPS) is 24.6. The zero-order valence-electron chi connectivity index (χ0n) is 23.8. The van der Waals surface area contributed by atoms with Crippen LogP contribution in [0.4, 0.5) is 4.79 Å². The molecule has 3 heterocycles. The highest BCUT2D eigenvalue weighted by Crippen LogP contribution is 2.53. The third kappa shape index (κ3) is 5.13. The largest absolute Gasteiger partial charge is 0.444 e. The van der Waals surface area contributed by atoms with Crippen molar-refractivity contribution in [1.82, 2.24) is 19.7 Å². The van der Waals surface area contributed by atoms with Crippen molar-refractivity contribution in [1.29, 1.82) is 0 Å². The highest BCUT2D eigenvalue weighted by Gasteiger charge is 2.58. The molecule has 1 aromatic heterocycles. The molecule has 2 fully saturated rings. The molecule has 3 amide bonds. The number of likely N-dealkylation sites (N-methyl/N-ethyl adjacent to an activating group) is 1. The Bertz CT molecular complexity index is 1350. The van der Waals surface area contributed by atoms with Crippen molar-refractivity contribution in [2.45, 2.75) is 82.5 Å². The summed E-state index contributed by atoms with van der Waals surface area (Å²) in [7, 11) is 1.51. The van der Waals surface area contributed by atoms with Gasteiger partial charge in [0.25, 0.3) is 5.91 Å². The Morgan fingerprint density at radius 3 is 2.55 bits per heavy atom. The molecule has 10 heteroatoms. The van der Waals surface area contributed by atoms with Crippen molar-refractivity contribution in [3.63, 3.8) is 0 Å². The van der Waals surface area contributed by atoms with Gasteiger partial charge in [0.1, 0.15) is 23.7 Å². The predicted octanol–water partition coefficient (Wildman–Crippen LogP) is 4.42. The highest BCUT2D eigenvalue weighted by molar-refractivity contribution is 7.99. The number of allylic oxidation sites excluding steroid dienone is 2. The molecule has 0 saturated carbocycles. The quantitative estimate of drug-likeness (QED) is 0.550. The lowest BCUT2D eigenvalue weighted by Crippen LogP contribution is -2.57. The number of carbonyl (C=O) groups is 4. The molecule has 5 rings (SSSR count). The SMILES string of the molecule is C[C@@H](C(=O)N[C@H]1CCS[C@H]2CC3(CC=CC3)[C@@H](C(=O)n3ccc4ccccc43)N2C1=O)N(C)C(=O)OC(C)(C)C. The van der Waals surface area contributed by atoms with Gasteiger partial charge in [-0.25, -0.2) is 4.79 Å². The Hall–Kier alpha value is -3.27. The van der Waals surface area contributed by atoms with E-state index in [4.69, 9.17) is 4.74 Å². The Kier molecular flexibility index (Phi) is 7.50. The molecule has 0 radical (unpaired) electrons. The zero-order valence-corrected chi connectivity index (χ0v) is 24.6. The van der Waals surface area contributed by atoms with E-state index in [0.717, 1.165) is 30.2 Å². The van der Waals surface area contributed by atoms with Crippen LogP contribution in [-0.4, -0.2) is 80.1 Å². The van der Waals surface area contributed by atoms with Crippen molar-refractivity contribution in [2.75, 3.05) is 12.8 Å². The number of hydrogen-bond acceptors (Lipinski definition) is 6. The molecule has 1 aromatic carbocycles. The summed E-state index contributed by atoms with van der Waals surface area (Å²) in [5, 5.41) is 3.72. The number of nitrogens with zero attached hydrogens (tertiary/aromatic N) is 3. The van der Waals surface area contributed by atoms with Gasteiger partial charge in [0.2, 0.25) is 11.8 Å². The van der Waals surface area contributed by atoms with E-state index in [2.05, 4.69) is 17.5 Å². The number of ether oxygens (including phenoxy) is 1. The van der Waals surface area contributed by atoms with Crippen LogP contribution in [0.1, 0.15) is 58.2 Å². The number of rotatable bonds is 4. The van der Waals surface area contributed by atoms with Gasteiger partial charge in [-0.2, -0.15) is 0 Å². The van der Waals surface area contributed by atoms with Gasteiger partial charge in [0.15, 0.2) is 0 Å². The second-order valence-electron chi connectivity index (χ2n) is 12.1. The fraction of sp³-hybridized carbons (Fsp3) is 0.533. The summed E-state index contributed by atoms with van der Waals surface area (Å²) < 4.78 is 7.08. The van der Waals surface area contributed by atoms with E-state index < -0.39 is 35.7 Å². The molecule has 1 N–H and O–H groups in total. The summed E-state index contributed by atoms with van der Waals surface area (Å²) in [5.41, 5.74) is -0.250. The molecular weight excluding hydrogens is 528 g/mol. The maximum Gasteiger partial charge on any atom is 0.410 e. The third-order valence-corrected chi connectivity index (χ3v) is 9.51. The van der Waals surface area contributed by atoms with Gasteiger partial charge in [-0.15, -0.1) is 11.8 Å². The van der Waals surface area contributed by atoms with E-state index in [1.54, 1.807) is 55.1 Å². The second-order valence-corrected chi connectivity index (χ2v) is 13.4. The first-order valence-electron chi connectivity index (χ1n) is 13.9. The van der Waals surface area contributed by atoms with Gasteiger partial charge in [0, 0.05) is 24.0 Å². The topological polar surface area (TPSA) is 101 Å². The van der Waals surface area contributed by atoms with Gasteiger partial charge < -0.3 is 15.0 Å². The number of para-hydroxylation sites is 1. The Morgan fingerprint density at radius 2 is 1.85 bits per heavy atom. The number of hydrogen-bond donors (Lipinski definition) is 1. The average Bonchev–Trinajstić information content (AvgIpc) is 3.60. The molecule has 4 atom stereocenters. The maximum absolute atomic E-state index is 14.3. The molecule has 2 saturated heterocycles. The average molecular weight is 567 g/mol. The highest BCUT2D eigenvalue weighted by atomic mass is 32.2. The molecule has 214 valence electrons. The summed E-state index contributed by atoms with van der Waals surface area (Å²) in [5.74, 6) is -0.128. The molecule has 0 unspecified atom stereocenters. The smallest absolute Gasteiger partial charge is 0.410 e. The molecule has 0 bridgehead atoms. The summed E-state index contributed by atoms with van der Waals surface area (Å²) in [6, 6.07) is 7.37. The van der Waals surface area contributed by atoms with Crippen LogP contribution in [0.25, 0.3) is 10.9 Å². The van der Waals surface area contributed by atoms with Gasteiger partial charge in [-0.3, -0.25) is 23.9 Å². The lowest BCUT2D eigenvalue weighted by molar-refractivity contribution is -0.138. The molecular formula is C30H38N4O5S. The van der Waals surface area contributed by atoms with E-state index >= 15 is 0 Å². The molecule has 1 spiro atoms. The molecule has 3 aliphatic rings.